The van der Waals surface area contributed by atoms with Crippen molar-refractivity contribution in [1.82, 2.24) is 4.90 Å². The molecule has 7 nitrogen and oxygen atoms in total. The fraction of sp³-hybridized carbons (Fsp3) is 0.222. The molecule has 128 valence electrons. The number of benzene rings is 2. The van der Waals surface area contributed by atoms with Crippen molar-refractivity contribution in [3.8, 4) is 6.07 Å². The minimum absolute atomic E-state index is 0.0164. The van der Waals surface area contributed by atoms with Gasteiger partial charge in [0.2, 0.25) is 5.91 Å². The highest BCUT2D eigenvalue weighted by Gasteiger charge is 2.08. The molecule has 0 aliphatic carbocycles. The van der Waals surface area contributed by atoms with Crippen LogP contribution in [0.1, 0.15) is 17.5 Å². The van der Waals surface area contributed by atoms with E-state index in [1.807, 2.05) is 30.1 Å². The zero-order chi connectivity index (χ0) is 18.2. The van der Waals surface area contributed by atoms with Crippen molar-refractivity contribution in [2.75, 3.05) is 18.9 Å². The summed E-state index contributed by atoms with van der Waals surface area (Å²) in [6.07, 6.45) is 0.297. The van der Waals surface area contributed by atoms with Gasteiger partial charge in [-0.05, 0) is 36.9 Å². The number of carbonyl (C=O) groups excluding carboxylic acids is 1. The summed E-state index contributed by atoms with van der Waals surface area (Å²) in [7, 11) is 1.90. The van der Waals surface area contributed by atoms with Gasteiger partial charge in [-0.15, -0.1) is 0 Å². The first-order valence-corrected chi connectivity index (χ1v) is 7.70. The van der Waals surface area contributed by atoms with E-state index < -0.39 is 4.92 Å². The number of anilines is 1. The number of nitrogens with zero attached hydrogens (tertiary/aromatic N) is 3. The Morgan fingerprint density at radius 3 is 2.64 bits per heavy atom. The molecule has 0 heterocycles. The van der Waals surface area contributed by atoms with Crippen LogP contribution in [-0.4, -0.2) is 29.3 Å². The number of hydrogen-bond acceptors (Lipinski definition) is 5. The molecular weight excluding hydrogens is 320 g/mol. The Morgan fingerprint density at radius 1 is 1.28 bits per heavy atom. The number of non-ortho nitro benzene ring substituents is 1. The monoisotopic (exact) mass is 338 g/mol. The first-order valence-electron chi connectivity index (χ1n) is 7.70. The average Bonchev–Trinajstić information content (AvgIpc) is 2.60. The third kappa shape index (κ3) is 5.71. The summed E-state index contributed by atoms with van der Waals surface area (Å²) in [4.78, 5) is 24.1. The maximum atomic E-state index is 12.0. The number of nitrogens with one attached hydrogen (secondary N) is 1. The minimum Gasteiger partial charge on any atom is -0.326 e. The second-order valence-corrected chi connectivity index (χ2v) is 5.65. The molecule has 2 aromatic carbocycles. The van der Waals surface area contributed by atoms with Gasteiger partial charge in [-0.25, -0.2) is 0 Å². The van der Waals surface area contributed by atoms with Gasteiger partial charge in [-0.2, -0.15) is 5.26 Å². The molecule has 0 radical (unpaired) electrons. The summed E-state index contributed by atoms with van der Waals surface area (Å²) in [5.41, 5.74) is 2.14. The van der Waals surface area contributed by atoms with E-state index in [1.54, 1.807) is 6.07 Å². The average molecular weight is 338 g/mol. The molecule has 0 saturated heterocycles. The summed E-state index contributed by atoms with van der Waals surface area (Å²) >= 11 is 0. The van der Waals surface area contributed by atoms with E-state index in [-0.39, 0.29) is 11.6 Å². The number of nitro groups is 1. The normalized spacial score (nSPS) is 10.3. The molecule has 2 rings (SSSR count). The Morgan fingerprint density at radius 2 is 2.00 bits per heavy atom. The smallest absolute Gasteiger partial charge is 0.269 e. The van der Waals surface area contributed by atoms with E-state index in [1.165, 1.54) is 24.3 Å². The SMILES string of the molecule is CN(CCC(=O)Nc1ccc([N+](=O)[O-])cc1)Cc1cccc(C#N)c1. The highest BCUT2D eigenvalue weighted by Crippen LogP contribution is 2.15. The predicted molar refractivity (Wildman–Crippen MR) is 93.8 cm³/mol. The van der Waals surface area contributed by atoms with E-state index in [0.29, 0.717) is 30.8 Å². The van der Waals surface area contributed by atoms with E-state index in [0.717, 1.165) is 5.56 Å². The molecule has 2 aromatic rings. The van der Waals surface area contributed by atoms with Gasteiger partial charge < -0.3 is 10.2 Å². The number of hydrogen-bond donors (Lipinski definition) is 1. The highest BCUT2D eigenvalue weighted by atomic mass is 16.6. The quantitative estimate of drug-likeness (QED) is 0.618. The van der Waals surface area contributed by atoms with Crippen molar-refractivity contribution in [3.63, 3.8) is 0 Å². The van der Waals surface area contributed by atoms with Gasteiger partial charge in [0.05, 0.1) is 16.6 Å². The molecule has 0 bridgehead atoms. The fourth-order valence-electron chi connectivity index (χ4n) is 2.31. The van der Waals surface area contributed by atoms with Crippen LogP contribution < -0.4 is 5.32 Å². The van der Waals surface area contributed by atoms with Gasteiger partial charge in [-0.3, -0.25) is 14.9 Å². The van der Waals surface area contributed by atoms with E-state index in [4.69, 9.17) is 5.26 Å². The lowest BCUT2D eigenvalue weighted by molar-refractivity contribution is -0.384. The first-order chi connectivity index (χ1) is 12.0. The van der Waals surface area contributed by atoms with Crippen LogP contribution in [0.3, 0.4) is 0 Å². The summed E-state index contributed by atoms with van der Waals surface area (Å²) < 4.78 is 0. The molecule has 0 aliphatic heterocycles. The maximum Gasteiger partial charge on any atom is 0.269 e. The van der Waals surface area contributed by atoms with Crippen LogP contribution in [0.4, 0.5) is 11.4 Å². The van der Waals surface area contributed by atoms with Gasteiger partial charge in [0.25, 0.3) is 5.69 Å². The number of carbonyl (C=O) groups is 1. The largest absolute Gasteiger partial charge is 0.326 e. The predicted octanol–water partition coefficient (Wildman–Crippen LogP) is 2.93. The van der Waals surface area contributed by atoms with Crippen molar-refractivity contribution in [2.24, 2.45) is 0 Å². The van der Waals surface area contributed by atoms with Crippen molar-refractivity contribution in [3.05, 3.63) is 69.8 Å². The Balaban J connectivity index is 1.80. The van der Waals surface area contributed by atoms with Crippen LogP contribution in [0.25, 0.3) is 0 Å². The van der Waals surface area contributed by atoms with Crippen molar-refractivity contribution in [2.45, 2.75) is 13.0 Å². The molecule has 0 aliphatic rings. The molecule has 0 fully saturated rings. The molecule has 0 saturated carbocycles. The molecule has 0 spiro atoms. The fourth-order valence-corrected chi connectivity index (χ4v) is 2.31. The Labute approximate surface area is 145 Å². The van der Waals surface area contributed by atoms with Crippen molar-refractivity contribution >= 4 is 17.3 Å². The van der Waals surface area contributed by atoms with Gasteiger partial charge in [0.1, 0.15) is 0 Å². The first kappa shape index (κ1) is 18.1. The van der Waals surface area contributed by atoms with E-state index in [2.05, 4.69) is 11.4 Å². The highest BCUT2D eigenvalue weighted by molar-refractivity contribution is 5.90. The van der Waals surface area contributed by atoms with Crippen LogP contribution in [0.2, 0.25) is 0 Å². The van der Waals surface area contributed by atoms with Gasteiger partial charge in [0.15, 0.2) is 0 Å². The number of nitriles is 1. The van der Waals surface area contributed by atoms with Gasteiger partial charge >= 0.3 is 0 Å². The second-order valence-electron chi connectivity index (χ2n) is 5.65. The maximum absolute atomic E-state index is 12.0. The van der Waals surface area contributed by atoms with Crippen LogP contribution in [-0.2, 0) is 11.3 Å². The molecule has 0 aromatic heterocycles. The standard InChI is InChI=1S/C18H18N4O3/c1-21(13-15-4-2-3-14(11-15)12-19)10-9-18(23)20-16-5-7-17(8-6-16)22(24)25/h2-8,11H,9-10,13H2,1H3,(H,20,23). The van der Waals surface area contributed by atoms with Crippen LogP contribution in [0, 0.1) is 21.4 Å². The number of amides is 1. The lowest BCUT2D eigenvalue weighted by Gasteiger charge is -2.16. The Kier molecular flexibility index (Phi) is 6.20. The molecule has 0 unspecified atom stereocenters. The van der Waals surface area contributed by atoms with Gasteiger partial charge in [-0.1, -0.05) is 12.1 Å². The molecule has 1 amide bonds. The molecule has 7 heteroatoms. The number of nitro benzene ring substituents is 1. The Hall–Kier alpha value is -3.24. The number of rotatable bonds is 7. The lowest BCUT2D eigenvalue weighted by Crippen LogP contribution is -2.24. The summed E-state index contributed by atoms with van der Waals surface area (Å²) in [6.45, 7) is 1.19. The van der Waals surface area contributed by atoms with Crippen LogP contribution in [0.15, 0.2) is 48.5 Å². The topological polar surface area (TPSA) is 99.3 Å². The van der Waals surface area contributed by atoms with Crippen molar-refractivity contribution in [1.29, 1.82) is 5.26 Å². The molecule has 25 heavy (non-hydrogen) atoms. The lowest BCUT2D eigenvalue weighted by atomic mass is 10.1. The zero-order valence-corrected chi connectivity index (χ0v) is 13.8. The van der Waals surface area contributed by atoms with E-state index >= 15 is 0 Å². The van der Waals surface area contributed by atoms with E-state index in [9.17, 15) is 14.9 Å². The summed E-state index contributed by atoms with van der Waals surface area (Å²) in [6, 6.07) is 15.2. The molecule has 1 N–H and O–H groups in total. The van der Waals surface area contributed by atoms with Crippen molar-refractivity contribution < 1.29 is 9.72 Å². The molecule has 0 atom stereocenters. The third-order valence-corrected chi connectivity index (χ3v) is 3.59. The minimum atomic E-state index is -0.484. The van der Waals surface area contributed by atoms with Gasteiger partial charge in [0, 0.05) is 37.3 Å². The van der Waals surface area contributed by atoms with Crippen LogP contribution >= 0.6 is 0 Å². The summed E-state index contributed by atoms with van der Waals surface area (Å²) in [5.74, 6) is -0.161. The zero-order valence-electron chi connectivity index (χ0n) is 13.8. The second kappa shape index (κ2) is 8.57. The Bertz CT molecular complexity index is 797. The molecular formula is C18H18N4O3. The van der Waals surface area contributed by atoms with Crippen LogP contribution in [0.5, 0.6) is 0 Å². The summed E-state index contributed by atoms with van der Waals surface area (Å²) in [5, 5.41) is 22.2. The third-order valence-electron chi connectivity index (χ3n) is 3.59.